The van der Waals surface area contributed by atoms with E-state index in [0.29, 0.717) is 17.1 Å². The SMILES string of the molecule is N/C(=N/O)c1ccc2c(ccn2Cc2ccncc2Cl)c1. The lowest BCUT2D eigenvalue weighted by Crippen LogP contribution is -2.12. The number of amidine groups is 1. The molecule has 0 aliphatic rings. The van der Waals surface area contributed by atoms with Crippen molar-refractivity contribution in [3.63, 3.8) is 0 Å². The Labute approximate surface area is 126 Å². The summed E-state index contributed by atoms with van der Waals surface area (Å²) in [5.41, 5.74) is 8.35. The lowest BCUT2D eigenvalue weighted by Gasteiger charge is -2.07. The topological polar surface area (TPSA) is 76.4 Å². The number of halogens is 1. The Morgan fingerprint density at radius 2 is 2.19 bits per heavy atom. The number of hydrogen-bond acceptors (Lipinski definition) is 3. The Morgan fingerprint density at radius 3 is 2.95 bits per heavy atom. The van der Waals surface area contributed by atoms with Gasteiger partial charge < -0.3 is 15.5 Å². The van der Waals surface area contributed by atoms with Crippen molar-refractivity contribution in [1.29, 1.82) is 0 Å². The van der Waals surface area contributed by atoms with Crippen molar-refractivity contribution < 1.29 is 5.21 Å². The monoisotopic (exact) mass is 300 g/mol. The van der Waals surface area contributed by atoms with Crippen LogP contribution in [0.15, 0.2) is 54.1 Å². The minimum Gasteiger partial charge on any atom is -0.409 e. The van der Waals surface area contributed by atoms with Crippen LogP contribution >= 0.6 is 11.6 Å². The van der Waals surface area contributed by atoms with Crippen molar-refractivity contribution >= 4 is 28.3 Å². The summed E-state index contributed by atoms with van der Waals surface area (Å²) >= 11 is 6.14. The summed E-state index contributed by atoms with van der Waals surface area (Å²) in [4.78, 5) is 3.98. The molecule has 0 aliphatic heterocycles. The van der Waals surface area contributed by atoms with Crippen LogP contribution in [0.1, 0.15) is 11.1 Å². The molecule has 6 heteroatoms. The van der Waals surface area contributed by atoms with Crippen molar-refractivity contribution in [2.75, 3.05) is 0 Å². The number of hydrogen-bond donors (Lipinski definition) is 2. The van der Waals surface area contributed by atoms with Gasteiger partial charge in [-0.15, -0.1) is 0 Å². The summed E-state index contributed by atoms with van der Waals surface area (Å²) in [6, 6.07) is 9.53. The molecule has 3 aromatic rings. The van der Waals surface area contributed by atoms with E-state index >= 15 is 0 Å². The summed E-state index contributed by atoms with van der Waals surface area (Å²) in [5, 5.41) is 13.4. The first-order valence-electron chi connectivity index (χ1n) is 6.34. The molecule has 5 nitrogen and oxygen atoms in total. The molecule has 0 amide bonds. The Kier molecular flexibility index (Phi) is 3.50. The number of fused-ring (bicyclic) bond motifs is 1. The maximum atomic E-state index is 8.73. The van der Waals surface area contributed by atoms with Gasteiger partial charge in [0.25, 0.3) is 0 Å². The Morgan fingerprint density at radius 1 is 1.33 bits per heavy atom. The molecule has 0 unspecified atom stereocenters. The highest BCUT2D eigenvalue weighted by atomic mass is 35.5. The van der Waals surface area contributed by atoms with Crippen molar-refractivity contribution in [1.82, 2.24) is 9.55 Å². The zero-order valence-corrected chi connectivity index (χ0v) is 11.8. The fourth-order valence-corrected chi connectivity index (χ4v) is 2.45. The van der Waals surface area contributed by atoms with Crippen LogP contribution in [0.4, 0.5) is 0 Å². The largest absolute Gasteiger partial charge is 0.409 e. The molecule has 106 valence electrons. The third-order valence-electron chi connectivity index (χ3n) is 3.37. The summed E-state index contributed by atoms with van der Waals surface area (Å²) in [7, 11) is 0. The molecule has 0 saturated heterocycles. The van der Waals surface area contributed by atoms with E-state index in [1.54, 1.807) is 12.4 Å². The zero-order chi connectivity index (χ0) is 14.8. The molecule has 2 heterocycles. The average molecular weight is 301 g/mol. The first-order valence-corrected chi connectivity index (χ1v) is 6.72. The minimum atomic E-state index is 0.0989. The molecule has 1 aromatic carbocycles. The van der Waals surface area contributed by atoms with Crippen LogP contribution in [0.2, 0.25) is 5.02 Å². The van der Waals surface area contributed by atoms with Crippen LogP contribution in [0.25, 0.3) is 10.9 Å². The van der Waals surface area contributed by atoms with Crippen LogP contribution in [-0.4, -0.2) is 20.6 Å². The minimum absolute atomic E-state index is 0.0989. The van der Waals surface area contributed by atoms with Crippen LogP contribution < -0.4 is 5.73 Å². The normalized spacial score (nSPS) is 12.0. The predicted octanol–water partition coefficient (Wildman–Crippen LogP) is 2.83. The smallest absolute Gasteiger partial charge is 0.170 e. The molecular formula is C15H13ClN4O. The van der Waals surface area contributed by atoms with Gasteiger partial charge in [-0.3, -0.25) is 4.98 Å². The number of nitrogens with zero attached hydrogens (tertiary/aromatic N) is 3. The fraction of sp³-hybridized carbons (Fsp3) is 0.0667. The summed E-state index contributed by atoms with van der Waals surface area (Å²) < 4.78 is 2.09. The van der Waals surface area contributed by atoms with Crippen LogP contribution in [-0.2, 0) is 6.54 Å². The Bertz CT molecular complexity index is 825. The zero-order valence-electron chi connectivity index (χ0n) is 11.1. The highest BCUT2D eigenvalue weighted by Gasteiger charge is 2.07. The summed E-state index contributed by atoms with van der Waals surface area (Å²) in [5.74, 6) is 0.0989. The fourth-order valence-electron chi connectivity index (χ4n) is 2.27. The van der Waals surface area contributed by atoms with E-state index in [2.05, 4.69) is 14.7 Å². The Balaban J connectivity index is 2.00. The number of aromatic nitrogens is 2. The van der Waals surface area contributed by atoms with Gasteiger partial charge in [0, 0.05) is 41.6 Å². The highest BCUT2D eigenvalue weighted by molar-refractivity contribution is 6.31. The van der Waals surface area contributed by atoms with Gasteiger partial charge in [0.15, 0.2) is 5.84 Å². The molecule has 0 radical (unpaired) electrons. The van der Waals surface area contributed by atoms with E-state index in [9.17, 15) is 0 Å². The molecule has 0 fully saturated rings. The van der Waals surface area contributed by atoms with E-state index in [-0.39, 0.29) is 5.84 Å². The van der Waals surface area contributed by atoms with Gasteiger partial charge in [-0.1, -0.05) is 16.8 Å². The molecule has 0 aliphatic carbocycles. The van der Waals surface area contributed by atoms with E-state index in [0.717, 1.165) is 16.5 Å². The van der Waals surface area contributed by atoms with Gasteiger partial charge in [-0.05, 0) is 35.9 Å². The maximum Gasteiger partial charge on any atom is 0.170 e. The summed E-state index contributed by atoms with van der Waals surface area (Å²) in [6.07, 6.45) is 5.35. The third kappa shape index (κ3) is 2.55. The third-order valence-corrected chi connectivity index (χ3v) is 3.71. The van der Waals surface area contributed by atoms with Crippen LogP contribution in [0.3, 0.4) is 0 Å². The van der Waals surface area contributed by atoms with Crippen molar-refractivity contribution in [2.24, 2.45) is 10.9 Å². The first kappa shape index (κ1) is 13.5. The number of benzene rings is 1. The van der Waals surface area contributed by atoms with E-state index in [4.69, 9.17) is 22.5 Å². The van der Waals surface area contributed by atoms with E-state index in [1.165, 1.54) is 0 Å². The van der Waals surface area contributed by atoms with Gasteiger partial charge in [0.05, 0.1) is 5.02 Å². The Hall–Kier alpha value is -2.53. The van der Waals surface area contributed by atoms with Crippen molar-refractivity contribution in [3.05, 3.63) is 65.1 Å². The number of oxime groups is 1. The quantitative estimate of drug-likeness (QED) is 0.338. The number of nitrogens with two attached hydrogens (primary N) is 1. The maximum absolute atomic E-state index is 8.73. The van der Waals surface area contributed by atoms with Gasteiger partial charge in [0.2, 0.25) is 0 Å². The molecule has 3 rings (SSSR count). The standard InChI is InChI=1S/C15H13ClN4O/c16-13-8-18-5-3-12(13)9-20-6-4-10-7-11(15(17)19-21)1-2-14(10)20/h1-8,21H,9H2,(H2,17,19). The predicted molar refractivity (Wildman–Crippen MR) is 82.8 cm³/mol. The van der Waals surface area contributed by atoms with Crippen molar-refractivity contribution in [2.45, 2.75) is 6.54 Å². The number of pyridine rings is 1. The summed E-state index contributed by atoms with van der Waals surface area (Å²) in [6.45, 7) is 0.660. The molecule has 0 spiro atoms. The van der Waals surface area contributed by atoms with Crippen LogP contribution in [0, 0.1) is 0 Å². The van der Waals surface area contributed by atoms with Gasteiger partial charge in [-0.2, -0.15) is 0 Å². The van der Waals surface area contributed by atoms with Gasteiger partial charge >= 0.3 is 0 Å². The molecule has 0 saturated carbocycles. The van der Waals surface area contributed by atoms with E-state index < -0.39 is 0 Å². The van der Waals surface area contributed by atoms with E-state index in [1.807, 2.05) is 36.5 Å². The first-order chi connectivity index (χ1) is 10.2. The van der Waals surface area contributed by atoms with Crippen LogP contribution in [0.5, 0.6) is 0 Å². The van der Waals surface area contributed by atoms with Gasteiger partial charge in [-0.25, -0.2) is 0 Å². The molecule has 0 bridgehead atoms. The average Bonchev–Trinajstić information content (AvgIpc) is 2.91. The second-order valence-electron chi connectivity index (χ2n) is 4.67. The molecule has 2 aromatic heterocycles. The lowest BCUT2D eigenvalue weighted by atomic mass is 10.1. The van der Waals surface area contributed by atoms with Gasteiger partial charge in [0.1, 0.15) is 0 Å². The second kappa shape index (κ2) is 5.46. The molecule has 3 N–H and O–H groups in total. The highest BCUT2D eigenvalue weighted by Crippen LogP contribution is 2.21. The lowest BCUT2D eigenvalue weighted by molar-refractivity contribution is 0.318. The second-order valence-corrected chi connectivity index (χ2v) is 5.08. The molecule has 21 heavy (non-hydrogen) atoms. The molecular weight excluding hydrogens is 288 g/mol. The number of rotatable bonds is 3. The molecule has 0 atom stereocenters. The van der Waals surface area contributed by atoms with Crippen molar-refractivity contribution in [3.8, 4) is 0 Å².